The lowest BCUT2D eigenvalue weighted by atomic mass is 9.97. The summed E-state index contributed by atoms with van der Waals surface area (Å²) in [5, 5.41) is 0. The zero-order valence-corrected chi connectivity index (χ0v) is 8.36. The number of hydrogen-bond donors (Lipinski definition) is 1. The minimum Gasteiger partial charge on any atom is -0.358 e. The normalized spacial score (nSPS) is 20.0. The number of benzene rings is 1. The number of hydrogen-bond acceptors (Lipinski definition) is 1. The molecule has 3 N–H and O–H groups in total. The van der Waals surface area contributed by atoms with Gasteiger partial charge in [0.05, 0.1) is 12.5 Å². The van der Waals surface area contributed by atoms with Gasteiger partial charge in [-0.3, -0.25) is 4.79 Å². The highest BCUT2D eigenvalue weighted by Gasteiger charge is 2.34. The first-order valence-corrected chi connectivity index (χ1v) is 4.91. The van der Waals surface area contributed by atoms with Gasteiger partial charge in [-0.1, -0.05) is 18.2 Å². The van der Waals surface area contributed by atoms with Crippen molar-refractivity contribution in [1.29, 1.82) is 0 Å². The summed E-state index contributed by atoms with van der Waals surface area (Å²) in [6, 6.07) is 7.99. The Kier molecular flexibility index (Phi) is 2.25. The topological polar surface area (TPSA) is 48.0 Å². The van der Waals surface area contributed by atoms with E-state index in [9.17, 15) is 4.79 Å². The van der Waals surface area contributed by atoms with Crippen molar-refractivity contribution in [1.82, 2.24) is 0 Å². The molecule has 0 bridgehead atoms. The van der Waals surface area contributed by atoms with Crippen LogP contribution in [0, 0.1) is 0 Å². The number of rotatable bonds is 2. The second kappa shape index (κ2) is 3.42. The van der Waals surface area contributed by atoms with Crippen LogP contribution in [0.2, 0.25) is 0 Å². The first-order chi connectivity index (χ1) is 6.75. The molecule has 0 spiro atoms. The van der Waals surface area contributed by atoms with E-state index in [4.69, 9.17) is 0 Å². The maximum Gasteiger partial charge on any atom is 0.234 e. The molecule has 3 nitrogen and oxygen atoms in total. The van der Waals surface area contributed by atoms with Crippen molar-refractivity contribution >= 4 is 11.6 Å². The highest BCUT2D eigenvalue weighted by molar-refractivity contribution is 6.04. The molecular weight excluding hydrogens is 176 g/mol. The summed E-state index contributed by atoms with van der Waals surface area (Å²) < 4.78 is 0. The average molecular weight is 191 g/mol. The van der Waals surface area contributed by atoms with Crippen LogP contribution < -0.4 is 10.6 Å². The van der Waals surface area contributed by atoms with E-state index in [0.717, 1.165) is 24.2 Å². The fourth-order valence-corrected chi connectivity index (χ4v) is 2.06. The van der Waals surface area contributed by atoms with Gasteiger partial charge in [-0.2, -0.15) is 0 Å². The van der Waals surface area contributed by atoms with Crippen LogP contribution in [0.25, 0.3) is 0 Å². The second-order valence-corrected chi connectivity index (χ2v) is 3.65. The number of fused-ring (bicyclic) bond motifs is 1. The van der Waals surface area contributed by atoms with Gasteiger partial charge < -0.3 is 10.6 Å². The van der Waals surface area contributed by atoms with E-state index >= 15 is 0 Å². The monoisotopic (exact) mass is 191 g/mol. The number of carbonyl (C=O) groups excluding carboxylic acids is 1. The Bertz CT molecular complexity index is 362. The number of likely N-dealkylation sites (N-methyl/N-ethyl adjacent to an activating group) is 1. The molecule has 3 heteroatoms. The minimum absolute atomic E-state index is 0.0358. The van der Waals surface area contributed by atoms with Gasteiger partial charge in [0.25, 0.3) is 0 Å². The lowest BCUT2D eigenvalue weighted by Crippen LogP contribution is -2.51. The molecule has 0 aromatic heterocycles. The van der Waals surface area contributed by atoms with Gasteiger partial charge in [-0.25, -0.2) is 0 Å². The predicted octanol–water partition coefficient (Wildman–Crippen LogP) is 0.379. The van der Waals surface area contributed by atoms with Crippen molar-refractivity contribution in [3.8, 4) is 0 Å². The zero-order valence-electron chi connectivity index (χ0n) is 8.36. The van der Waals surface area contributed by atoms with Crippen LogP contribution in [0.3, 0.4) is 0 Å². The lowest BCUT2D eigenvalue weighted by molar-refractivity contribution is -0.368. The van der Waals surface area contributed by atoms with Crippen LogP contribution >= 0.6 is 0 Å². The van der Waals surface area contributed by atoms with Gasteiger partial charge in [0.15, 0.2) is 0 Å². The van der Waals surface area contributed by atoms with Gasteiger partial charge in [0.1, 0.15) is 0 Å². The van der Waals surface area contributed by atoms with Crippen molar-refractivity contribution in [2.75, 3.05) is 18.5 Å². The number of quaternary nitrogens is 1. The molecular formula is C11H15N2O+. The van der Waals surface area contributed by atoms with E-state index in [1.165, 1.54) is 0 Å². The largest absolute Gasteiger partial charge is 0.358 e. The molecule has 74 valence electrons. The summed E-state index contributed by atoms with van der Waals surface area (Å²) in [6.07, 6.45) is 0.847. The first-order valence-electron chi connectivity index (χ1n) is 4.91. The third kappa shape index (κ3) is 1.21. The Morgan fingerprint density at radius 2 is 2.14 bits per heavy atom. The van der Waals surface area contributed by atoms with Gasteiger partial charge in [-0.05, 0) is 11.6 Å². The molecule has 2 rings (SSSR count). The minimum atomic E-state index is 0.0358. The second-order valence-electron chi connectivity index (χ2n) is 3.65. The summed E-state index contributed by atoms with van der Waals surface area (Å²) in [4.78, 5) is 13.6. The van der Waals surface area contributed by atoms with E-state index in [2.05, 4.69) is 5.73 Å². The lowest BCUT2D eigenvalue weighted by Gasteiger charge is -2.09. The molecule has 1 atom stereocenters. The summed E-state index contributed by atoms with van der Waals surface area (Å²) in [6.45, 7) is 0.804. The number of para-hydroxylation sites is 1. The van der Waals surface area contributed by atoms with Crippen LogP contribution in [0.15, 0.2) is 24.3 Å². The molecule has 1 aromatic carbocycles. The molecule has 1 amide bonds. The number of nitrogens with zero attached hydrogens (tertiary/aromatic N) is 1. The number of anilines is 1. The molecule has 1 aliphatic rings. The summed E-state index contributed by atoms with van der Waals surface area (Å²) >= 11 is 0. The molecule has 0 fully saturated rings. The van der Waals surface area contributed by atoms with Crippen molar-refractivity contribution in [2.45, 2.75) is 12.3 Å². The smallest absolute Gasteiger partial charge is 0.234 e. The van der Waals surface area contributed by atoms with Crippen molar-refractivity contribution in [2.24, 2.45) is 0 Å². The molecule has 1 unspecified atom stereocenters. The molecule has 0 saturated heterocycles. The van der Waals surface area contributed by atoms with Crippen LogP contribution in [0.4, 0.5) is 5.69 Å². The van der Waals surface area contributed by atoms with Crippen molar-refractivity contribution in [3.63, 3.8) is 0 Å². The van der Waals surface area contributed by atoms with E-state index < -0.39 is 0 Å². The number of carbonyl (C=O) groups is 1. The fourth-order valence-electron chi connectivity index (χ4n) is 2.06. The first kappa shape index (κ1) is 9.21. The van der Waals surface area contributed by atoms with E-state index in [1.54, 1.807) is 4.90 Å². The Morgan fingerprint density at radius 1 is 1.43 bits per heavy atom. The molecule has 14 heavy (non-hydrogen) atoms. The Morgan fingerprint density at radius 3 is 2.86 bits per heavy atom. The van der Waals surface area contributed by atoms with E-state index in [1.807, 2.05) is 31.3 Å². The SMILES string of the molecule is CN1C(=O)C(CC[NH3+])c2ccccc21. The zero-order chi connectivity index (χ0) is 10.1. The standard InChI is InChI=1S/C11H14N2O/c1-13-10-5-3-2-4-8(10)9(6-7-12)11(13)14/h2-5,9H,6-7,12H2,1H3/p+1. The van der Waals surface area contributed by atoms with Crippen LogP contribution in [-0.2, 0) is 4.79 Å². The molecule has 1 heterocycles. The van der Waals surface area contributed by atoms with Gasteiger partial charge in [0, 0.05) is 19.2 Å². The molecule has 0 saturated carbocycles. The molecule has 1 aliphatic heterocycles. The molecule has 0 aliphatic carbocycles. The van der Waals surface area contributed by atoms with E-state index in [0.29, 0.717) is 0 Å². The summed E-state index contributed by atoms with van der Waals surface area (Å²) in [5.41, 5.74) is 6.02. The van der Waals surface area contributed by atoms with E-state index in [-0.39, 0.29) is 11.8 Å². The Labute approximate surface area is 83.5 Å². The summed E-state index contributed by atoms with van der Waals surface area (Å²) in [7, 11) is 1.84. The van der Waals surface area contributed by atoms with Gasteiger partial charge in [-0.15, -0.1) is 0 Å². The molecule has 1 aromatic rings. The maximum absolute atomic E-state index is 11.9. The Balaban J connectivity index is 2.42. The average Bonchev–Trinajstić information content (AvgIpc) is 2.45. The third-order valence-electron chi connectivity index (χ3n) is 2.79. The Hall–Kier alpha value is -1.35. The van der Waals surface area contributed by atoms with Gasteiger partial charge >= 0.3 is 0 Å². The predicted molar refractivity (Wildman–Crippen MR) is 55.0 cm³/mol. The van der Waals surface area contributed by atoms with Crippen molar-refractivity contribution < 1.29 is 10.5 Å². The quantitative estimate of drug-likeness (QED) is 0.721. The number of amides is 1. The van der Waals surface area contributed by atoms with Crippen molar-refractivity contribution in [3.05, 3.63) is 29.8 Å². The highest BCUT2D eigenvalue weighted by atomic mass is 16.2. The van der Waals surface area contributed by atoms with Crippen LogP contribution in [0.5, 0.6) is 0 Å². The maximum atomic E-state index is 11.9. The van der Waals surface area contributed by atoms with Crippen LogP contribution in [-0.4, -0.2) is 19.5 Å². The van der Waals surface area contributed by atoms with Gasteiger partial charge in [0.2, 0.25) is 5.91 Å². The molecule has 0 radical (unpaired) electrons. The fraction of sp³-hybridized carbons (Fsp3) is 0.364. The van der Waals surface area contributed by atoms with Crippen LogP contribution in [0.1, 0.15) is 17.9 Å². The highest BCUT2D eigenvalue weighted by Crippen LogP contribution is 2.37. The summed E-state index contributed by atoms with van der Waals surface area (Å²) in [5.74, 6) is 0.239. The third-order valence-corrected chi connectivity index (χ3v) is 2.79.